The average Bonchev–Trinajstić information content (AvgIpc) is 3.67. The molecule has 0 aliphatic carbocycles. The van der Waals surface area contributed by atoms with E-state index in [0.29, 0.717) is 0 Å². The molecule has 0 radical (unpaired) electrons. The lowest BCUT2D eigenvalue weighted by Gasteiger charge is -2.12. The number of rotatable bonds is 10. The Morgan fingerprint density at radius 2 is 1.12 bits per heavy atom. The zero-order valence-corrected chi connectivity index (χ0v) is 28.1. The van der Waals surface area contributed by atoms with Crippen LogP contribution in [0.3, 0.4) is 0 Å². The van der Waals surface area contributed by atoms with E-state index < -0.39 is 0 Å². The van der Waals surface area contributed by atoms with E-state index in [1.807, 2.05) is 0 Å². The number of nitrogens with one attached hydrogen (secondary N) is 1. The second kappa shape index (κ2) is 12.5. The third kappa shape index (κ3) is 5.12. The van der Waals surface area contributed by atoms with Gasteiger partial charge < -0.3 is 14.5 Å². The maximum atomic E-state index is 3.67. The van der Waals surface area contributed by atoms with Gasteiger partial charge in [0.1, 0.15) is 0 Å². The average molecular weight is 636 g/mol. The van der Waals surface area contributed by atoms with Crippen LogP contribution in [0.25, 0.3) is 76.5 Å². The van der Waals surface area contributed by atoms with E-state index in [9.17, 15) is 0 Å². The molecule has 2 heterocycles. The Balaban J connectivity index is 1.15. The molecule has 0 unspecified atom stereocenters. The van der Waals surface area contributed by atoms with Gasteiger partial charge in [-0.3, -0.25) is 0 Å². The Morgan fingerprint density at radius 1 is 0.449 bits per heavy atom. The van der Waals surface area contributed by atoms with Crippen LogP contribution in [0.5, 0.6) is 0 Å². The summed E-state index contributed by atoms with van der Waals surface area (Å²) in [6.45, 7) is 3.31. The number of hydrogen-bond acceptors (Lipinski definition) is 1. The molecule has 1 N–H and O–H groups in total. The van der Waals surface area contributed by atoms with E-state index in [-0.39, 0.29) is 0 Å². The van der Waals surface area contributed by atoms with Crippen LogP contribution in [0, 0.1) is 0 Å². The Morgan fingerprint density at radius 3 is 1.94 bits per heavy atom. The number of aromatic nitrogens is 2. The standard InChI is InChI=1S/C46H41N3/c1-2-3-4-5-6-14-27-47-36-23-21-32-29-35-31-38(24-22-33(35)28-34(32)30-36)48-43-20-13-11-18-41(43)45-44(48)26-25-40-39-17-10-12-19-42(39)49(46(40)45)37-15-8-7-9-16-37/h7-13,15-26,28-31,47H,2-6,14,27H2,1H3. The maximum absolute atomic E-state index is 3.67. The molecule has 240 valence electrons. The van der Waals surface area contributed by atoms with Crippen LogP contribution in [0.15, 0.2) is 140 Å². The molecular formula is C46H41N3. The molecule has 0 saturated carbocycles. The number of anilines is 1. The van der Waals surface area contributed by atoms with E-state index in [4.69, 9.17) is 0 Å². The van der Waals surface area contributed by atoms with Crippen LogP contribution >= 0.6 is 0 Å². The highest BCUT2D eigenvalue weighted by Crippen LogP contribution is 2.42. The molecule has 0 atom stereocenters. The van der Waals surface area contributed by atoms with Crippen LogP contribution in [-0.2, 0) is 0 Å². The quantitative estimate of drug-likeness (QED) is 0.117. The molecule has 3 nitrogen and oxygen atoms in total. The van der Waals surface area contributed by atoms with Crippen LogP contribution < -0.4 is 5.32 Å². The summed E-state index contributed by atoms with van der Waals surface area (Å²) in [6, 6.07) is 51.6. The van der Waals surface area contributed by atoms with Gasteiger partial charge in [-0.25, -0.2) is 0 Å². The third-order valence-electron chi connectivity index (χ3n) is 10.4. The van der Waals surface area contributed by atoms with E-state index in [1.54, 1.807) is 0 Å². The van der Waals surface area contributed by atoms with Gasteiger partial charge in [0, 0.05) is 45.2 Å². The highest BCUT2D eigenvalue weighted by Gasteiger charge is 2.20. The molecule has 0 bridgehead atoms. The molecule has 9 rings (SSSR count). The molecule has 9 aromatic rings. The summed E-state index contributed by atoms with van der Waals surface area (Å²) in [5.41, 5.74) is 8.49. The number of fused-ring (bicyclic) bond motifs is 9. The molecule has 0 amide bonds. The SMILES string of the molecule is CCCCCCCCNc1ccc2cc3cc(-n4c5ccccc5c5c4ccc4c6ccccc6n(-c6ccccc6)c45)ccc3cc2c1. The largest absolute Gasteiger partial charge is 0.385 e. The number of para-hydroxylation sites is 3. The fourth-order valence-corrected chi connectivity index (χ4v) is 8.00. The molecule has 0 saturated heterocycles. The highest BCUT2D eigenvalue weighted by molar-refractivity contribution is 6.26. The van der Waals surface area contributed by atoms with Crippen molar-refractivity contribution in [2.75, 3.05) is 11.9 Å². The van der Waals surface area contributed by atoms with Crippen molar-refractivity contribution >= 4 is 70.8 Å². The molecule has 0 spiro atoms. The van der Waals surface area contributed by atoms with E-state index >= 15 is 0 Å². The Bertz CT molecular complexity index is 2620. The van der Waals surface area contributed by atoms with Gasteiger partial charge in [0.2, 0.25) is 0 Å². The predicted molar refractivity (Wildman–Crippen MR) is 212 cm³/mol. The summed E-state index contributed by atoms with van der Waals surface area (Å²) < 4.78 is 4.91. The zero-order chi connectivity index (χ0) is 32.7. The van der Waals surface area contributed by atoms with Gasteiger partial charge in [0.15, 0.2) is 0 Å². The smallest absolute Gasteiger partial charge is 0.0641 e. The Labute approximate surface area is 287 Å². The number of hydrogen-bond donors (Lipinski definition) is 1. The van der Waals surface area contributed by atoms with E-state index in [1.165, 1.54) is 121 Å². The lowest BCUT2D eigenvalue weighted by molar-refractivity contribution is 0.617. The van der Waals surface area contributed by atoms with Crippen molar-refractivity contribution in [1.82, 2.24) is 9.13 Å². The molecule has 0 aliphatic heterocycles. The van der Waals surface area contributed by atoms with Crippen LogP contribution in [0.4, 0.5) is 5.69 Å². The molecule has 7 aromatic carbocycles. The normalized spacial score (nSPS) is 11.9. The molecular weight excluding hydrogens is 595 g/mol. The zero-order valence-electron chi connectivity index (χ0n) is 28.1. The summed E-state index contributed by atoms with van der Waals surface area (Å²) in [4.78, 5) is 0. The molecule has 0 aliphatic rings. The third-order valence-corrected chi connectivity index (χ3v) is 10.4. The fourth-order valence-electron chi connectivity index (χ4n) is 8.00. The van der Waals surface area contributed by atoms with Crippen molar-refractivity contribution in [1.29, 1.82) is 0 Å². The molecule has 3 heteroatoms. The first-order chi connectivity index (χ1) is 24.3. The summed E-state index contributed by atoms with van der Waals surface area (Å²) in [6.07, 6.45) is 7.90. The lowest BCUT2D eigenvalue weighted by atomic mass is 10.0. The van der Waals surface area contributed by atoms with Crippen LogP contribution in [-0.4, -0.2) is 15.7 Å². The van der Waals surface area contributed by atoms with Gasteiger partial charge in [-0.1, -0.05) is 112 Å². The van der Waals surface area contributed by atoms with Gasteiger partial charge in [0.25, 0.3) is 0 Å². The van der Waals surface area contributed by atoms with E-state index in [0.717, 1.165) is 6.54 Å². The lowest BCUT2D eigenvalue weighted by Crippen LogP contribution is -2.01. The minimum atomic E-state index is 1.03. The number of benzene rings is 7. The first-order valence-corrected chi connectivity index (χ1v) is 18.0. The summed E-state index contributed by atoms with van der Waals surface area (Å²) in [5, 5.41) is 13.8. The van der Waals surface area contributed by atoms with Crippen molar-refractivity contribution in [3.8, 4) is 11.4 Å². The van der Waals surface area contributed by atoms with Gasteiger partial charge >= 0.3 is 0 Å². The predicted octanol–water partition coefficient (Wildman–Crippen LogP) is 13.0. The van der Waals surface area contributed by atoms with E-state index in [2.05, 4.69) is 161 Å². The molecule has 0 fully saturated rings. The van der Waals surface area contributed by atoms with Gasteiger partial charge in [-0.15, -0.1) is 0 Å². The van der Waals surface area contributed by atoms with Gasteiger partial charge in [-0.2, -0.15) is 0 Å². The highest BCUT2D eigenvalue weighted by atomic mass is 15.0. The van der Waals surface area contributed by atoms with Crippen molar-refractivity contribution < 1.29 is 0 Å². The number of nitrogens with zero attached hydrogens (tertiary/aromatic N) is 2. The maximum Gasteiger partial charge on any atom is 0.0641 e. The minimum Gasteiger partial charge on any atom is -0.385 e. The minimum absolute atomic E-state index is 1.03. The van der Waals surface area contributed by atoms with Crippen LogP contribution in [0.2, 0.25) is 0 Å². The van der Waals surface area contributed by atoms with Crippen molar-refractivity contribution in [2.45, 2.75) is 45.4 Å². The second-order valence-electron chi connectivity index (χ2n) is 13.5. The Kier molecular flexibility index (Phi) is 7.54. The fraction of sp³-hybridized carbons (Fsp3) is 0.174. The van der Waals surface area contributed by atoms with Crippen LogP contribution in [0.1, 0.15) is 45.4 Å². The van der Waals surface area contributed by atoms with Gasteiger partial charge in [0.05, 0.1) is 22.1 Å². The second-order valence-corrected chi connectivity index (χ2v) is 13.5. The monoisotopic (exact) mass is 635 g/mol. The summed E-state index contributed by atoms with van der Waals surface area (Å²) in [7, 11) is 0. The Hall–Kier alpha value is -5.54. The summed E-state index contributed by atoms with van der Waals surface area (Å²) >= 11 is 0. The topological polar surface area (TPSA) is 21.9 Å². The first kappa shape index (κ1) is 29.6. The number of unbranched alkanes of at least 4 members (excludes halogenated alkanes) is 5. The van der Waals surface area contributed by atoms with Gasteiger partial charge in [-0.05, 0) is 94.7 Å². The van der Waals surface area contributed by atoms with Crippen molar-refractivity contribution in [3.63, 3.8) is 0 Å². The summed E-state index contributed by atoms with van der Waals surface area (Å²) in [5.74, 6) is 0. The molecule has 2 aromatic heterocycles. The van der Waals surface area contributed by atoms with Crippen molar-refractivity contribution in [2.24, 2.45) is 0 Å². The van der Waals surface area contributed by atoms with Crippen molar-refractivity contribution in [3.05, 3.63) is 140 Å². The first-order valence-electron chi connectivity index (χ1n) is 18.0. The molecule has 49 heavy (non-hydrogen) atoms.